The minimum Gasteiger partial charge on any atom is -0.0654 e. The Morgan fingerprint density at radius 1 is 0.375 bits per heavy atom. The van der Waals surface area contributed by atoms with Crippen LogP contribution in [0.15, 0.2) is 0 Å². The number of hydrogen-bond acceptors (Lipinski definition) is 0. The van der Waals surface area contributed by atoms with Crippen LogP contribution in [0.1, 0.15) is 143 Å². The molecule has 0 aromatic rings. The lowest BCUT2D eigenvalue weighted by atomic mass is 9.90. The molecule has 0 radical (unpaired) electrons. The number of hydrogen-bond donors (Lipinski definition) is 0. The minimum absolute atomic E-state index is 1.02. The second-order valence-electron chi connectivity index (χ2n) is 8.27. The zero-order chi connectivity index (χ0) is 17.9. The molecule has 0 spiro atoms. The van der Waals surface area contributed by atoms with Crippen LogP contribution in [-0.4, -0.2) is 0 Å². The average molecular weight is 339 g/mol. The van der Waals surface area contributed by atoms with Crippen LogP contribution in [0.25, 0.3) is 0 Å². The summed E-state index contributed by atoms with van der Waals surface area (Å²) in [5.41, 5.74) is 0. The maximum atomic E-state index is 2.38. The molecule has 1 unspecified atom stereocenters. The van der Waals surface area contributed by atoms with Gasteiger partial charge in [0.1, 0.15) is 0 Å². The molecule has 0 aromatic carbocycles. The highest BCUT2D eigenvalue weighted by Crippen LogP contribution is 2.24. The van der Waals surface area contributed by atoms with Gasteiger partial charge in [-0.3, -0.25) is 0 Å². The lowest BCUT2D eigenvalue weighted by Crippen LogP contribution is -2.01. The lowest BCUT2D eigenvalue weighted by Gasteiger charge is -2.16. The Hall–Kier alpha value is 0. The third kappa shape index (κ3) is 15.5. The van der Waals surface area contributed by atoms with Crippen molar-refractivity contribution in [3.63, 3.8) is 0 Å². The van der Waals surface area contributed by atoms with Crippen molar-refractivity contribution in [3.8, 4) is 0 Å². The molecule has 0 aliphatic carbocycles. The second-order valence-corrected chi connectivity index (χ2v) is 8.27. The Labute approximate surface area is 155 Å². The van der Waals surface area contributed by atoms with Crippen LogP contribution in [0.4, 0.5) is 0 Å². The summed E-state index contributed by atoms with van der Waals surface area (Å²) in [6, 6.07) is 0. The fourth-order valence-electron chi connectivity index (χ4n) is 4.04. The molecule has 0 bridgehead atoms. The van der Waals surface area contributed by atoms with Gasteiger partial charge in [-0.15, -0.1) is 0 Å². The first-order valence-electron chi connectivity index (χ1n) is 11.8. The van der Waals surface area contributed by atoms with Crippen molar-refractivity contribution in [1.82, 2.24) is 0 Å². The third-order valence-electron chi connectivity index (χ3n) is 5.95. The molecule has 0 nitrogen and oxygen atoms in total. The Morgan fingerprint density at radius 2 is 0.708 bits per heavy atom. The highest BCUT2D eigenvalue weighted by atomic mass is 14.1. The lowest BCUT2D eigenvalue weighted by molar-refractivity contribution is 0.373. The van der Waals surface area contributed by atoms with Crippen LogP contribution in [0, 0.1) is 11.8 Å². The highest BCUT2D eigenvalue weighted by molar-refractivity contribution is 4.61. The maximum Gasteiger partial charge on any atom is -0.0414 e. The molecular formula is C24H50. The normalized spacial score (nSPS) is 12.9. The molecule has 0 rings (SSSR count). The third-order valence-corrected chi connectivity index (χ3v) is 5.95. The van der Waals surface area contributed by atoms with Gasteiger partial charge >= 0.3 is 0 Å². The van der Waals surface area contributed by atoms with Gasteiger partial charge < -0.3 is 0 Å². The first-order chi connectivity index (χ1) is 11.8. The van der Waals surface area contributed by atoms with Crippen molar-refractivity contribution >= 4 is 0 Å². The molecule has 0 amide bonds. The summed E-state index contributed by atoms with van der Waals surface area (Å²) in [5, 5.41) is 0. The topological polar surface area (TPSA) is 0 Å². The summed E-state index contributed by atoms with van der Waals surface area (Å²) < 4.78 is 0. The molecule has 1 atom stereocenters. The molecule has 0 N–H and O–H groups in total. The van der Waals surface area contributed by atoms with Gasteiger partial charge in [-0.2, -0.15) is 0 Å². The van der Waals surface area contributed by atoms with Crippen molar-refractivity contribution in [1.29, 1.82) is 0 Å². The molecule has 0 saturated carbocycles. The van der Waals surface area contributed by atoms with E-state index in [1.54, 1.807) is 0 Å². The summed E-state index contributed by atoms with van der Waals surface area (Å²) in [6.45, 7) is 9.38. The molecule has 0 aromatic heterocycles. The van der Waals surface area contributed by atoms with Crippen LogP contribution in [0.3, 0.4) is 0 Å². The minimum atomic E-state index is 1.02. The Kier molecular flexibility index (Phi) is 19.3. The van der Waals surface area contributed by atoms with Crippen molar-refractivity contribution in [3.05, 3.63) is 0 Å². The van der Waals surface area contributed by atoms with E-state index >= 15 is 0 Å². The Morgan fingerprint density at radius 3 is 1.12 bits per heavy atom. The molecule has 0 aliphatic heterocycles. The van der Waals surface area contributed by atoms with E-state index in [9.17, 15) is 0 Å². The molecular weight excluding hydrogens is 288 g/mol. The summed E-state index contributed by atoms with van der Waals surface area (Å²) >= 11 is 0. The van der Waals surface area contributed by atoms with Gasteiger partial charge in [-0.1, -0.05) is 143 Å². The van der Waals surface area contributed by atoms with Crippen LogP contribution < -0.4 is 0 Å². The highest BCUT2D eigenvalue weighted by Gasteiger charge is 2.08. The van der Waals surface area contributed by atoms with E-state index in [0.29, 0.717) is 0 Å². The van der Waals surface area contributed by atoms with Gasteiger partial charge in [0.15, 0.2) is 0 Å². The van der Waals surface area contributed by atoms with E-state index in [-0.39, 0.29) is 0 Å². The SMILES string of the molecule is CCCCC(CC)CCCCCCCCC(CCCC)CCCC. The van der Waals surface area contributed by atoms with Crippen molar-refractivity contribution < 1.29 is 0 Å². The summed E-state index contributed by atoms with van der Waals surface area (Å²) in [4.78, 5) is 0. The monoisotopic (exact) mass is 338 g/mol. The standard InChI is InChI=1S/C24H50/c1-5-9-18-23(8-4)21-16-14-12-13-15-17-22-24(19-10-6-2)20-11-7-3/h23-24H,5-22H2,1-4H3. The largest absolute Gasteiger partial charge is 0.0654 e. The molecule has 0 fully saturated rings. The van der Waals surface area contributed by atoms with Crippen molar-refractivity contribution in [2.45, 2.75) is 143 Å². The van der Waals surface area contributed by atoms with Crippen LogP contribution in [0.2, 0.25) is 0 Å². The molecule has 24 heavy (non-hydrogen) atoms. The van der Waals surface area contributed by atoms with Gasteiger partial charge in [0.2, 0.25) is 0 Å². The van der Waals surface area contributed by atoms with Crippen molar-refractivity contribution in [2.24, 2.45) is 11.8 Å². The molecule has 0 heteroatoms. The predicted octanol–water partition coefficient (Wildman–Crippen LogP) is 9.32. The van der Waals surface area contributed by atoms with Gasteiger partial charge in [-0.25, -0.2) is 0 Å². The number of rotatable bonds is 19. The smallest absolute Gasteiger partial charge is 0.0414 e. The Balaban J connectivity index is 3.52. The zero-order valence-corrected chi connectivity index (χ0v) is 17.9. The van der Waals surface area contributed by atoms with Gasteiger partial charge in [0, 0.05) is 0 Å². The van der Waals surface area contributed by atoms with E-state index in [2.05, 4.69) is 27.7 Å². The summed E-state index contributed by atoms with van der Waals surface area (Å²) in [6.07, 6.45) is 26.2. The molecule has 0 aliphatic rings. The molecule has 146 valence electrons. The van der Waals surface area contributed by atoms with Crippen molar-refractivity contribution in [2.75, 3.05) is 0 Å². The quantitative estimate of drug-likeness (QED) is 0.206. The van der Waals surface area contributed by atoms with Crippen LogP contribution in [-0.2, 0) is 0 Å². The zero-order valence-electron chi connectivity index (χ0n) is 17.9. The fourth-order valence-corrected chi connectivity index (χ4v) is 4.04. The van der Waals surface area contributed by atoms with Gasteiger partial charge in [-0.05, 0) is 11.8 Å². The van der Waals surface area contributed by atoms with E-state index in [0.717, 1.165) is 11.8 Å². The van der Waals surface area contributed by atoms with Crippen LogP contribution >= 0.6 is 0 Å². The first kappa shape index (κ1) is 24.0. The van der Waals surface area contributed by atoms with E-state index in [4.69, 9.17) is 0 Å². The number of unbranched alkanes of at least 4 members (excludes halogenated alkanes) is 8. The first-order valence-corrected chi connectivity index (χ1v) is 11.8. The van der Waals surface area contributed by atoms with E-state index in [1.165, 1.54) is 116 Å². The van der Waals surface area contributed by atoms with E-state index < -0.39 is 0 Å². The average Bonchev–Trinajstić information content (AvgIpc) is 2.61. The maximum absolute atomic E-state index is 2.38. The second kappa shape index (κ2) is 19.3. The molecule has 0 heterocycles. The predicted molar refractivity (Wildman–Crippen MR) is 113 cm³/mol. The summed E-state index contributed by atoms with van der Waals surface area (Å²) in [5.74, 6) is 2.05. The van der Waals surface area contributed by atoms with Gasteiger partial charge in [0.05, 0.1) is 0 Å². The fraction of sp³-hybridized carbons (Fsp3) is 1.00. The molecule has 0 saturated heterocycles. The summed E-state index contributed by atoms with van der Waals surface area (Å²) in [7, 11) is 0. The van der Waals surface area contributed by atoms with Crippen LogP contribution in [0.5, 0.6) is 0 Å². The van der Waals surface area contributed by atoms with Gasteiger partial charge in [0.25, 0.3) is 0 Å². The Bertz CT molecular complexity index is 212. The van der Waals surface area contributed by atoms with E-state index in [1.807, 2.05) is 0 Å².